The van der Waals surface area contributed by atoms with E-state index in [2.05, 4.69) is 27.3 Å². The van der Waals surface area contributed by atoms with E-state index in [0.29, 0.717) is 60.0 Å². The highest BCUT2D eigenvalue weighted by Gasteiger charge is 2.25. The van der Waals surface area contributed by atoms with Gasteiger partial charge in [0.1, 0.15) is 11.5 Å². The van der Waals surface area contributed by atoms with E-state index in [-0.39, 0.29) is 17.2 Å². The van der Waals surface area contributed by atoms with Gasteiger partial charge in [0.2, 0.25) is 0 Å². The quantitative estimate of drug-likeness (QED) is 0.263. The molecular weight excluding hydrogens is 566 g/mol. The number of rotatable bonds is 6. The summed E-state index contributed by atoms with van der Waals surface area (Å²) in [6, 6.07) is 22.0. The van der Waals surface area contributed by atoms with Gasteiger partial charge in [0, 0.05) is 60.1 Å². The van der Waals surface area contributed by atoms with E-state index in [1.807, 2.05) is 32.0 Å². The number of piperazine rings is 1. The topological polar surface area (TPSA) is 138 Å². The SMILES string of the molecule is Cc1cc([C@@H](C)Nc2ccccc2C(=O)O)c2nc(N3CCN(c4ccc(C#N)c5cc(C#N)ccc45)CC3)c(C)c(=O)n2c1. The second-order valence-electron chi connectivity index (χ2n) is 11.3. The number of para-hydroxylation sites is 1. The predicted molar refractivity (Wildman–Crippen MR) is 174 cm³/mol. The van der Waals surface area contributed by atoms with Crippen molar-refractivity contribution in [3.8, 4) is 12.1 Å². The molecule has 2 aromatic heterocycles. The highest BCUT2D eigenvalue weighted by molar-refractivity contribution is 5.98. The fourth-order valence-corrected chi connectivity index (χ4v) is 6.15. The third-order valence-electron chi connectivity index (χ3n) is 8.45. The average Bonchev–Trinajstić information content (AvgIpc) is 3.05. The van der Waals surface area contributed by atoms with Crippen LogP contribution in [0.15, 0.2) is 71.7 Å². The Morgan fingerprint density at radius 2 is 1.69 bits per heavy atom. The Kier molecular flexibility index (Phi) is 7.57. The monoisotopic (exact) mass is 597 g/mol. The Labute approximate surface area is 260 Å². The minimum absolute atomic E-state index is 0.146. The molecule has 1 aliphatic rings. The summed E-state index contributed by atoms with van der Waals surface area (Å²) >= 11 is 0. The van der Waals surface area contributed by atoms with E-state index in [1.165, 1.54) is 0 Å². The molecule has 3 heterocycles. The molecular formula is C35H31N7O3. The van der Waals surface area contributed by atoms with Crippen LogP contribution in [-0.2, 0) is 0 Å². The van der Waals surface area contributed by atoms with Gasteiger partial charge in [-0.2, -0.15) is 10.5 Å². The molecule has 0 aliphatic carbocycles. The molecule has 1 aliphatic heterocycles. The van der Waals surface area contributed by atoms with E-state index in [0.717, 1.165) is 27.6 Å². The van der Waals surface area contributed by atoms with Crippen LogP contribution >= 0.6 is 0 Å². The summed E-state index contributed by atoms with van der Waals surface area (Å²) in [5.41, 5.74) is 5.30. The number of carboxylic acids is 1. The van der Waals surface area contributed by atoms with E-state index >= 15 is 0 Å². The number of carboxylic acid groups (broad SMARTS) is 1. The van der Waals surface area contributed by atoms with Crippen LogP contribution in [0.1, 0.15) is 51.1 Å². The molecule has 0 unspecified atom stereocenters. The number of fused-ring (bicyclic) bond motifs is 2. The Bertz CT molecular complexity index is 2130. The van der Waals surface area contributed by atoms with Crippen molar-refractivity contribution < 1.29 is 9.90 Å². The second kappa shape index (κ2) is 11.7. The molecule has 0 bridgehead atoms. The van der Waals surface area contributed by atoms with Crippen molar-refractivity contribution in [1.82, 2.24) is 9.38 Å². The zero-order valence-corrected chi connectivity index (χ0v) is 25.2. The molecule has 5 aromatic rings. The Hall–Kier alpha value is -5.87. The van der Waals surface area contributed by atoms with Gasteiger partial charge in [-0.25, -0.2) is 9.78 Å². The van der Waals surface area contributed by atoms with Crippen LogP contribution in [0.4, 0.5) is 17.2 Å². The Morgan fingerprint density at radius 1 is 0.956 bits per heavy atom. The minimum atomic E-state index is -1.02. The molecule has 0 spiro atoms. The van der Waals surface area contributed by atoms with Gasteiger partial charge in [-0.15, -0.1) is 0 Å². The first-order valence-corrected chi connectivity index (χ1v) is 14.7. The predicted octanol–water partition coefficient (Wildman–Crippen LogP) is 5.41. The maximum atomic E-state index is 13.7. The summed E-state index contributed by atoms with van der Waals surface area (Å²) in [7, 11) is 0. The first kappa shape index (κ1) is 29.2. The number of hydrogen-bond acceptors (Lipinski definition) is 8. The van der Waals surface area contributed by atoms with Crippen LogP contribution in [0, 0.1) is 36.5 Å². The summed E-state index contributed by atoms with van der Waals surface area (Å²) in [4.78, 5) is 35.0. The molecule has 10 heteroatoms. The van der Waals surface area contributed by atoms with Crippen molar-refractivity contribution in [3.63, 3.8) is 0 Å². The number of aromatic nitrogens is 2. The van der Waals surface area contributed by atoms with Gasteiger partial charge in [0.05, 0.1) is 40.4 Å². The normalized spacial score (nSPS) is 13.8. The fraction of sp³-hybridized carbons (Fsp3) is 0.229. The molecule has 1 fully saturated rings. The lowest BCUT2D eigenvalue weighted by atomic mass is 10.00. The van der Waals surface area contributed by atoms with Crippen LogP contribution in [-0.4, -0.2) is 46.6 Å². The first-order chi connectivity index (χ1) is 21.7. The largest absolute Gasteiger partial charge is 0.478 e. The number of nitrogens with one attached hydrogen (secondary N) is 1. The second-order valence-corrected chi connectivity index (χ2v) is 11.3. The van der Waals surface area contributed by atoms with Crippen molar-refractivity contribution in [3.05, 3.63) is 111 Å². The molecule has 1 atom stereocenters. The molecule has 0 amide bonds. The molecule has 6 rings (SSSR count). The number of nitrogens with zero attached hydrogens (tertiary/aromatic N) is 6. The lowest BCUT2D eigenvalue weighted by Crippen LogP contribution is -2.47. The van der Waals surface area contributed by atoms with Gasteiger partial charge in [0.25, 0.3) is 5.56 Å². The van der Waals surface area contributed by atoms with Crippen molar-refractivity contribution >= 4 is 39.6 Å². The number of anilines is 3. The number of hydrogen-bond donors (Lipinski definition) is 2. The summed E-state index contributed by atoms with van der Waals surface area (Å²) < 4.78 is 1.58. The number of aromatic carboxylic acids is 1. The van der Waals surface area contributed by atoms with E-state index in [1.54, 1.807) is 60.0 Å². The maximum absolute atomic E-state index is 13.7. The van der Waals surface area contributed by atoms with Crippen LogP contribution in [0.5, 0.6) is 0 Å². The number of pyridine rings is 1. The van der Waals surface area contributed by atoms with E-state index in [9.17, 15) is 25.2 Å². The number of carbonyl (C=O) groups is 1. The fourth-order valence-electron chi connectivity index (χ4n) is 6.15. The van der Waals surface area contributed by atoms with Gasteiger partial charge >= 0.3 is 5.97 Å². The van der Waals surface area contributed by atoms with E-state index in [4.69, 9.17) is 4.98 Å². The van der Waals surface area contributed by atoms with Gasteiger partial charge in [0.15, 0.2) is 0 Å². The van der Waals surface area contributed by atoms with Crippen LogP contribution in [0.25, 0.3) is 16.4 Å². The molecule has 45 heavy (non-hydrogen) atoms. The lowest BCUT2D eigenvalue weighted by Gasteiger charge is -2.38. The lowest BCUT2D eigenvalue weighted by molar-refractivity contribution is 0.0698. The zero-order chi connectivity index (χ0) is 31.8. The Morgan fingerprint density at radius 3 is 2.40 bits per heavy atom. The maximum Gasteiger partial charge on any atom is 0.337 e. The summed E-state index contributed by atoms with van der Waals surface area (Å²) in [5.74, 6) is -0.391. The number of aryl methyl sites for hydroxylation is 1. The first-order valence-electron chi connectivity index (χ1n) is 14.7. The standard InChI is InChI=1S/C35H31N7O3/c1-21-16-28(23(3)38-30-7-5-4-6-27(30)35(44)45)33-39-32(22(2)34(43)42(33)20-21)41-14-12-40(13-15-41)31-11-9-25(19-37)29-17-24(18-36)8-10-26(29)31/h4-11,16-17,20,23,38H,12-15H2,1-3H3,(H,44,45)/t23-/m1/s1. The smallest absolute Gasteiger partial charge is 0.337 e. The number of nitriles is 2. The highest BCUT2D eigenvalue weighted by Crippen LogP contribution is 2.32. The number of benzene rings is 3. The van der Waals surface area contributed by atoms with Gasteiger partial charge in [-0.3, -0.25) is 9.20 Å². The molecule has 224 valence electrons. The summed E-state index contributed by atoms with van der Waals surface area (Å²) in [6.45, 7) is 8.25. The minimum Gasteiger partial charge on any atom is -0.478 e. The van der Waals surface area contributed by atoms with Crippen molar-refractivity contribution in [2.45, 2.75) is 26.8 Å². The van der Waals surface area contributed by atoms with Gasteiger partial charge < -0.3 is 20.2 Å². The molecule has 3 aromatic carbocycles. The third kappa shape index (κ3) is 5.28. The van der Waals surface area contributed by atoms with Crippen LogP contribution in [0.2, 0.25) is 0 Å². The van der Waals surface area contributed by atoms with Crippen molar-refractivity contribution in [2.24, 2.45) is 0 Å². The summed E-state index contributed by atoms with van der Waals surface area (Å²) in [5, 5.41) is 33.7. The van der Waals surface area contributed by atoms with E-state index < -0.39 is 5.97 Å². The molecule has 2 N–H and O–H groups in total. The molecule has 0 saturated carbocycles. The van der Waals surface area contributed by atoms with Gasteiger partial charge in [-0.1, -0.05) is 18.2 Å². The molecule has 10 nitrogen and oxygen atoms in total. The van der Waals surface area contributed by atoms with Crippen molar-refractivity contribution in [2.75, 3.05) is 41.3 Å². The highest BCUT2D eigenvalue weighted by atomic mass is 16.4. The van der Waals surface area contributed by atoms with Crippen LogP contribution in [0.3, 0.4) is 0 Å². The van der Waals surface area contributed by atoms with Crippen molar-refractivity contribution in [1.29, 1.82) is 10.5 Å². The summed E-state index contributed by atoms with van der Waals surface area (Å²) in [6.07, 6.45) is 1.79. The third-order valence-corrected chi connectivity index (χ3v) is 8.45. The van der Waals surface area contributed by atoms with Crippen LogP contribution < -0.4 is 20.7 Å². The molecule has 1 saturated heterocycles. The zero-order valence-electron chi connectivity index (χ0n) is 25.2. The van der Waals surface area contributed by atoms with Gasteiger partial charge in [-0.05, 0) is 68.8 Å². The Balaban J connectivity index is 1.33. The average molecular weight is 598 g/mol. The molecule has 0 radical (unpaired) electrons.